The van der Waals surface area contributed by atoms with Crippen molar-refractivity contribution < 1.29 is 4.74 Å². The summed E-state index contributed by atoms with van der Waals surface area (Å²) in [6.07, 6.45) is 1.06. The number of nitrogens with two attached hydrogens (primary N) is 1. The summed E-state index contributed by atoms with van der Waals surface area (Å²) >= 11 is 3.43. The zero-order valence-corrected chi connectivity index (χ0v) is 11.5. The van der Waals surface area contributed by atoms with Crippen molar-refractivity contribution >= 4 is 15.9 Å². The topological polar surface area (TPSA) is 47.3 Å². The van der Waals surface area contributed by atoms with Gasteiger partial charge in [-0.25, -0.2) is 0 Å². The molecule has 3 N–H and O–H groups in total. The van der Waals surface area contributed by atoms with Crippen molar-refractivity contribution in [1.29, 1.82) is 0 Å². The Morgan fingerprint density at radius 3 is 2.69 bits per heavy atom. The Bertz CT molecular complexity index is 344. The summed E-state index contributed by atoms with van der Waals surface area (Å²) in [5.74, 6) is 6.94. The molecule has 0 aliphatic rings. The Hall–Kier alpha value is -0.580. The van der Waals surface area contributed by atoms with Gasteiger partial charge in [-0.1, -0.05) is 42.3 Å². The van der Waals surface area contributed by atoms with Crippen LogP contribution in [0.2, 0.25) is 0 Å². The van der Waals surface area contributed by atoms with Gasteiger partial charge in [-0.2, -0.15) is 0 Å². The SMILES string of the molecule is CCC(C)C(NN)c1ccc(Br)cc1OC. The first kappa shape index (κ1) is 13.5. The molecule has 0 aliphatic carbocycles. The van der Waals surface area contributed by atoms with E-state index in [0.717, 1.165) is 22.2 Å². The van der Waals surface area contributed by atoms with Crippen LogP contribution in [0.5, 0.6) is 5.75 Å². The van der Waals surface area contributed by atoms with Gasteiger partial charge in [-0.3, -0.25) is 11.3 Å². The van der Waals surface area contributed by atoms with E-state index in [4.69, 9.17) is 10.6 Å². The van der Waals surface area contributed by atoms with Crippen LogP contribution in [0.15, 0.2) is 22.7 Å². The van der Waals surface area contributed by atoms with Crippen LogP contribution in [0.1, 0.15) is 31.9 Å². The number of ether oxygens (including phenoxy) is 1. The first-order chi connectivity index (χ1) is 7.63. The summed E-state index contributed by atoms with van der Waals surface area (Å²) in [6, 6.07) is 6.12. The van der Waals surface area contributed by atoms with Crippen molar-refractivity contribution in [3.8, 4) is 5.75 Å². The van der Waals surface area contributed by atoms with Gasteiger partial charge in [0.1, 0.15) is 5.75 Å². The summed E-state index contributed by atoms with van der Waals surface area (Å²) in [5.41, 5.74) is 3.97. The van der Waals surface area contributed by atoms with Crippen molar-refractivity contribution in [2.24, 2.45) is 11.8 Å². The molecule has 1 aromatic rings. The van der Waals surface area contributed by atoms with Gasteiger partial charge in [-0.15, -0.1) is 0 Å². The fourth-order valence-electron chi connectivity index (χ4n) is 1.74. The highest BCUT2D eigenvalue weighted by Gasteiger charge is 2.20. The van der Waals surface area contributed by atoms with E-state index in [0.29, 0.717) is 5.92 Å². The fraction of sp³-hybridized carbons (Fsp3) is 0.500. The minimum atomic E-state index is 0.119. The van der Waals surface area contributed by atoms with Crippen LogP contribution in [0, 0.1) is 5.92 Å². The average Bonchev–Trinajstić information content (AvgIpc) is 2.31. The molecule has 0 bridgehead atoms. The molecule has 0 aliphatic heterocycles. The van der Waals surface area contributed by atoms with Gasteiger partial charge in [0.2, 0.25) is 0 Å². The normalized spacial score (nSPS) is 14.6. The van der Waals surface area contributed by atoms with E-state index in [2.05, 4.69) is 35.2 Å². The minimum Gasteiger partial charge on any atom is -0.496 e. The Kier molecular flexibility index (Phi) is 5.25. The van der Waals surface area contributed by atoms with Crippen molar-refractivity contribution in [2.75, 3.05) is 7.11 Å². The van der Waals surface area contributed by atoms with Crippen LogP contribution < -0.4 is 16.0 Å². The Morgan fingerprint density at radius 1 is 1.50 bits per heavy atom. The lowest BCUT2D eigenvalue weighted by molar-refractivity contribution is 0.354. The standard InChI is InChI=1S/C12H19BrN2O/c1-4-8(2)12(15-14)10-6-5-9(13)7-11(10)16-3/h5-8,12,15H,4,14H2,1-3H3. The van der Waals surface area contributed by atoms with Crippen molar-refractivity contribution in [1.82, 2.24) is 5.43 Å². The number of hydrazine groups is 1. The van der Waals surface area contributed by atoms with Crippen LogP contribution in [-0.4, -0.2) is 7.11 Å². The summed E-state index contributed by atoms with van der Waals surface area (Å²) in [7, 11) is 1.68. The molecule has 0 heterocycles. The van der Waals surface area contributed by atoms with Crippen LogP contribution in [0.4, 0.5) is 0 Å². The summed E-state index contributed by atoms with van der Waals surface area (Å²) in [4.78, 5) is 0. The van der Waals surface area contributed by atoms with Crippen LogP contribution >= 0.6 is 15.9 Å². The van der Waals surface area contributed by atoms with E-state index in [1.165, 1.54) is 0 Å². The number of rotatable bonds is 5. The Balaban J connectivity index is 3.08. The number of methoxy groups -OCH3 is 1. The van der Waals surface area contributed by atoms with E-state index < -0.39 is 0 Å². The molecule has 16 heavy (non-hydrogen) atoms. The Labute approximate surface area is 105 Å². The summed E-state index contributed by atoms with van der Waals surface area (Å²) in [5, 5.41) is 0. The third-order valence-electron chi connectivity index (χ3n) is 2.92. The van der Waals surface area contributed by atoms with Gasteiger partial charge in [0.15, 0.2) is 0 Å². The third-order valence-corrected chi connectivity index (χ3v) is 3.42. The molecule has 0 saturated heterocycles. The quantitative estimate of drug-likeness (QED) is 0.646. The van der Waals surface area contributed by atoms with Crippen LogP contribution in [-0.2, 0) is 0 Å². The van der Waals surface area contributed by atoms with Crippen LogP contribution in [0.25, 0.3) is 0 Å². The predicted molar refractivity (Wildman–Crippen MR) is 70.2 cm³/mol. The van der Waals surface area contributed by atoms with Gasteiger partial charge in [-0.05, 0) is 18.1 Å². The molecule has 0 spiro atoms. The fourth-order valence-corrected chi connectivity index (χ4v) is 2.08. The first-order valence-corrected chi connectivity index (χ1v) is 6.22. The molecule has 3 nitrogen and oxygen atoms in total. The monoisotopic (exact) mass is 286 g/mol. The highest BCUT2D eigenvalue weighted by Crippen LogP contribution is 2.32. The molecule has 2 atom stereocenters. The minimum absolute atomic E-state index is 0.119. The molecular weight excluding hydrogens is 268 g/mol. The van der Waals surface area contributed by atoms with Gasteiger partial charge in [0.05, 0.1) is 13.2 Å². The van der Waals surface area contributed by atoms with Gasteiger partial charge in [0, 0.05) is 10.0 Å². The molecule has 4 heteroatoms. The maximum absolute atomic E-state index is 5.63. The van der Waals surface area contributed by atoms with E-state index >= 15 is 0 Å². The van der Waals surface area contributed by atoms with E-state index in [1.807, 2.05) is 18.2 Å². The van der Waals surface area contributed by atoms with Crippen molar-refractivity contribution in [3.63, 3.8) is 0 Å². The summed E-state index contributed by atoms with van der Waals surface area (Å²) < 4.78 is 6.39. The maximum atomic E-state index is 5.63. The number of hydrogen-bond donors (Lipinski definition) is 2. The molecule has 90 valence electrons. The molecule has 0 aromatic heterocycles. The number of benzene rings is 1. The lowest BCUT2D eigenvalue weighted by atomic mass is 9.92. The third kappa shape index (κ3) is 2.97. The van der Waals surface area contributed by atoms with Crippen LogP contribution in [0.3, 0.4) is 0 Å². The number of hydrogen-bond acceptors (Lipinski definition) is 3. The van der Waals surface area contributed by atoms with Gasteiger partial charge < -0.3 is 4.74 Å². The largest absolute Gasteiger partial charge is 0.496 e. The van der Waals surface area contributed by atoms with Gasteiger partial charge in [0.25, 0.3) is 0 Å². The van der Waals surface area contributed by atoms with Gasteiger partial charge >= 0.3 is 0 Å². The maximum Gasteiger partial charge on any atom is 0.124 e. The summed E-state index contributed by atoms with van der Waals surface area (Å²) in [6.45, 7) is 4.33. The number of halogens is 1. The molecular formula is C12H19BrN2O. The average molecular weight is 287 g/mol. The smallest absolute Gasteiger partial charge is 0.124 e. The van der Waals surface area contributed by atoms with Crippen molar-refractivity contribution in [3.05, 3.63) is 28.2 Å². The molecule has 1 aromatic carbocycles. The van der Waals surface area contributed by atoms with E-state index in [9.17, 15) is 0 Å². The lowest BCUT2D eigenvalue weighted by Crippen LogP contribution is -2.32. The molecule has 0 amide bonds. The molecule has 0 saturated carbocycles. The zero-order chi connectivity index (χ0) is 12.1. The highest BCUT2D eigenvalue weighted by atomic mass is 79.9. The van der Waals surface area contributed by atoms with E-state index in [-0.39, 0.29) is 6.04 Å². The molecule has 0 radical (unpaired) electrons. The molecule has 2 unspecified atom stereocenters. The number of nitrogens with one attached hydrogen (secondary N) is 1. The lowest BCUT2D eigenvalue weighted by Gasteiger charge is -2.24. The van der Waals surface area contributed by atoms with E-state index in [1.54, 1.807) is 7.11 Å². The zero-order valence-electron chi connectivity index (χ0n) is 9.96. The van der Waals surface area contributed by atoms with Crippen molar-refractivity contribution in [2.45, 2.75) is 26.3 Å². The second-order valence-corrected chi connectivity index (χ2v) is 4.83. The Morgan fingerprint density at radius 2 is 2.19 bits per heavy atom. The predicted octanol–water partition coefficient (Wildman–Crippen LogP) is 3.01. The second kappa shape index (κ2) is 6.23. The second-order valence-electron chi connectivity index (χ2n) is 3.92. The molecule has 0 fully saturated rings. The highest BCUT2D eigenvalue weighted by molar-refractivity contribution is 9.10. The molecule has 1 rings (SSSR count). The first-order valence-electron chi connectivity index (χ1n) is 5.43.